The maximum absolute atomic E-state index is 11.6. The van der Waals surface area contributed by atoms with Crippen LogP contribution in [0.2, 0.25) is 0 Å². The second kappa shape index (κ2) is 6.57. The summed E-state index contributed by atoms with van der Waals surface area (Å²) in [5.74, 6) is 0.165. The number of anilines is 1. The van der Waals surface area contributed by atoms with Gasteiger partial charge in [-0.15, -0.1) is 0 Å². The molecule has 0 amide bonds. The van der Waals surface area contributed by atoms with Crippen LogP contribution in [0.1, 0.15) is 5.56 Å². The normalized spacial score (nSPS) is 10.5. The van der Waals surface area contributed by atoms with Gasteiger partial charge in [0.2, 0.25) is 0 Å². The van der Waals surface area contributed by atoms with E-state index in [9.17, 15) is 4.79 Å². The molecule has 0 fully saturated rings. The van der Waals surface area contributed by atoms with Crippen LogP contribution < -0.4 is 9.64 Å². The van der Waals surface area contributed by atoms with E-state index in [1.807, 2.05) is 61.5 Å². The van der Waals surface area contributed by atoms with Crippen molar-refractivity contribution in [3.8, 4) is 5.75 Å². The molecule has 2 aromatic carbocycles. The number of ether oxygens (including phenoxy) is 1. The third-order valence-corrected chi connectivity index (χ3v) is 2.78. The highest BCUT2D eigenvalue weighted by Gasteiger charge is 1.99. The number of nitrogens with zero attached hydrogens (tertiary/aromatic N) is 1. The van der Waals surface area contributed by atoms with Gasteiger partial charge in [0.15, 0.2) is 0 Å². The summed E-state index contributed by atoms with van der Waals surface area (Å²) < 4.78 is 5.16. The Morgan fingerprint density at radius 2 is 1.65 bits per heavy atom. The van der Waals surface area contributed by atoms with Crippen molar-refractivity contribution in [2.75, 3.05) is 19.0 Å². The maximum atomic E-state index is 11.6. The summed E-state index contributed by atoms with van der Waals surface area (Å²) in [5.41, 5.74) is 2.08. The minimum absolute atomic E-state index is 0.382. The summed E-state index contributed by atoms with van der Waals surface area (Å²) in [6.45, 7) is 0. The summed E-state index contributed by atoms with van der Waals surface area (Å²) >= 11 is 0. The van der Waals surface area contributed by atoms with Crippen molar-refractivity contribution in [1.82, 2.24) is 0 Å². The lowest BCUT2D eigenvalue weighted by atomic mass is 10.2. The van der Waals surface area contributed by atoms with Crippen LogP contribution in [0.5, 0.6) is 5.75 Å². The molecule has 0 atom stereocenters. The zero-order valence-corrected chi connectivity index (χ0v) is 11.6. The van der Waals surface area contributed by atoms with E-state index in [-0.39, 0.29) is 5.97 Å². The molecule has 102 valence electrons. The first kappa shape index (κ1) is 13.9. The first-order chi connectivity index (χ1) is 9.65. The minimum Gasteiger partial charge on any atom is -0.423 e. The molecule has 2 aromatic rings. The molecule has 0 spiro atoms. The summed E-state index contributed by atoms with van der Waals surface area (Å²) in [7, 11) is 3.98. The molecule has 0 radical (unpaired) electrons. The molecule has 0 bridgehead atoms. The second-order valence-corrected chi connectivity index (χ2v) is 4.55. The Morgan fingerprint density at radius 1 is 1.00 bits per heavy atom. The van der Waals surface area contributed by atoms with Gasteiger partial charge in [-0.3, -0.25) is 0 Å². The summed E-state index contributed by atoms with van der Waals surface area (Å²) in [6, 6.07) is 16.9. The lowest BCUT2D eigenvalue weighted by molar-refractivity contribution is -0.128. The Balaban J connectivity index is 1.97. The number of benzene rings is 2. The SMILES string of the molecule is CN(C)c1ccc(/C=C/C(=O)Oc2ccccc2)cc1. The quantitative estimate of drug-likeness (QED) is 0.483. The van der Waals surface area contributed by atoms with Gasteiger partial charge in [-0.25, -0.2) is 4.79 Å². The fourth-order valence-corrected chi connectivity index (χ4v) is 1.69. The Hall–Kier alpha value is -2.55. The number of carbonyl (C=O) groups excluding carboxylic acids is 1. The standard InChI is InChI=1S/C17H17NO2/c1-18(2)15-11-8-14(9-12-15)10-13-17(19)20-16-6-4-3-5-7-16/h3-13H,1-2H3/b13-10+. The van der Waals surface area contributed by atoms with Crippen molar-refractivity contribution in [3.63, 3.8) is 0 Å². The number of rotatable bonds is 4. The zero-order chi connectivity index (χ0) is 14.4. The van der Waals surface area contributed by atoms with Crippen LogP contribution in [0.15, 0.2) is 60.7 Å². The highest BCUT2D eigenvalue weighted by atomic mass is 16.5. The molecule has 0 saturated carbocycles. The number of carbonyl (C=O) groups is 1. The first-order valence-electron chi connectivity index (χ1n) is 6.37. The van der Waals surface area contributed by atoms with Gasteiger partial charge in [0, 0.05) is 25.9 Å². The molecule has 0 aliphatic rings. The van der Waals surface area contributed by atoms with Crippen molar-refractivity contribution >= 4 is 17.7 Å². The topological polar surface area (TPSA) is 29.5 Å². The fourth-order valence-electron chi connectivity index (χ4n) is 1.69. The van der Waals surface area contributed by atoms with Gasteiger partial charge in [0.05, 0.1) is 0 Å². The highest BCUT2D eigenvalue weighted by Crippen LogP contribution is 2.13. The molecule has 0 heterocycles. The molecule has 0 N–H and O–H groups in total. The van der Waals surface area contributed by atoms with E-state index in [2.05, 4.69) is 0 Å². The molecule has 3 nitrogen and oxygen atoms in total. The van der Waals surface area contributed by atoms with Crippen LogP contribution in [0, 0.1) is 0 Å². The maximum Gasteiger partial charge on any atom is 0.336 e. The molecule has 0 aliphatic carbocycles. The highest BCUT2D eigenvalue weighted by molar-refractivity contribution is 5.88. The predicted molar refractivity (Wildman–Crippen MR) is 81.9 cm³/mol. The fraction of sp³-hybridized carbons (Fsp3) is 0.118. The van der Waals surface area contributed by atoms with Crippen molar-refractivity contribution in [3.05, 3.63) is 66.2 Å². The molecule has 0 saturated heterocycles. The Kier molecular flexibility index (Phi) is 4.56. The van der Waals surface area contributed by atoms with E-state index in [4.69, 9.17) is 4.74 Å². The number of hydrogen-bond donors (Lipinski definition) is 0. The van der Waals surface area contributed by atoms with Crippen molar-refractivity contribution in [1.29, 1.82) is 0 Å². The third kappa shape index (κ3) is 3.99. The molecular weight excluding hydrogens is 250 g/mol. The number of hydrogen-bond acceptors (Lipinski definition) is 3. The van der Waals surface area contributed by atoms with Crippen LogP contribution in [0.25, 0.3) is 6.08 Å². The van der Waals surface area contributed by atoms with Crippen molar-refractivity contribution in [2.24, 2.45) is 0 Å². The molecule has 2 rings (SSSR count). The summed E-state index contributed by atoms with van der Waals surface area (Å²) in [6.07, 6.45) is 3.17. The summed E-state index contributed by atoms with van der Waals surface area (Å²) in [4.78, 5) is 13.7. The molecule has 0 aliphatic heterocycles. The van der Waals surface area contributed by atoms with E-state index in [0.29, 0.717) is 5.75 Å². The van der Waals surface area contributed by atoms with Gasteiger partial charge >= 0.3 is 5.97 Å². The van der Waals surface area contributed by atoms with Gasteiger partial charge < -0.3 is 9.64 Å². The van der Waals surface area contributed by atoms with Gasteiger partial charge in [0.1, 0.15) is 5.75 Å². The van der Waals surface area contributed by atoms with Crippen molar-refractivity contribution < 1.29 is 9.53 Å². The van der Waals surface area contributed by atoms with E-state index >= 15 is 0 Å². The lowest BCUT2D eigenvalue weighted by Gasteiger charge is -2.11. The average molecular weight is 267 g/mol. The molecule has 20 heavy (non-hydrogen) atoms. The van der Waals surface area contributed by atoms with E-state index in [1.54, 1.807) is 18.2 Å². The minimum atomic E-state index is -0.382. The van der Waals surface area contributed by atoms with Gasteiger partial charge in [-0.1, -0.05) is 30.3 Å². The van der Waals surface area contributed by atoms with Gasteiger partial charge in [0.25, 0.3) is 0 Å². The largest absolute Gasteiger partial charge is 0.423 e. The molecular formula is C17H17NO2. The summed E-state index contributed by atoms with van der Waals surface area (Å²) in [5, 5.41) is 0. The molecule has 0 aromatic heterocycles. The van der Waals surface area contributed by atoms with Gasteiger partial charge in [-0.05, 0) is 35.9 Å². The molecule has 0 unspecified atom stereocenters. The predicted octanol–water partition coefficient (Wildman–Crippen LogP) is 3.37. The van der Waals surface area contributed by atoms with E-state index in [0.717, 1.165) is 11.3 Å². The Bertz CT molecular complexity index is 586. The number of para-hydroxylation sites is 1. The Morgan fingerprint density at radius 3 is 2.25 bits per heavy atom. The monoisotopic (exact) mass is 267 g/mol. The van der Waals surface area contributed by atoms with E-state index in [1.165, 1.54) is 6.08 Å². The van der Waals surface area contributed by atoms with Crippen LogP contribution in [-0.2, 0) is 4.79 Å². The Labute approximate surface area is 119 Å². The van der Waals surface area contributed by atoms with Crippen LogP contribution >= 0.6 is 0 Å². The number of esters is 1. The van der Waals surface area contributed by atoms with Crippen LogP contribution in [-0.4, -0.2) is 20.1 Å². The van der Waals surface area contributed by atoms with E-state index < -0.39 is 0 Å². The first-order valence-corrected chi connectivity index (χ1v) is 6.37. The second-order valence-electron chi connectivity index (χ2n) is 4.55. The van der Waals surface area contributed by atoms with Crippen LogP contribution in [0.3, 0.4) is 0 Å². The lowest BCUT2D eigenvalue weighted by Crippen LogP contribution is -2.07. The third-order valence-electron chi connectivity index (χ3n) is 2.78. The average Bonchev–Trinajstić information content (AvgIpc) is 2.46. The zero-order valence-electron chi connectivity index (χ0n) is 11.6. The molecule has 3 heteroatoms. The van der Waals surface area contributed by atoms with Gasteiger partial charge in [-0.2, -0.15) is 0 Å². The van der Waals surface area contributed by atoms with Crippen molar-refractivity contribution in [2.45, 2.75) is 0 Å². The smallest absolute Gasteiger partial charge is 0.336 e. The van der Waals surface area contributed by atoms with Crippen LogP contribution in [0.4, 0.5) is 5.69 Å².